The van der Waals surface area contributed by atoms with Crippen molar-refractivity contribution in [2.45, 2.75) is 19.3 Å². The maximum Gasteiger partial charge on any atom is 0.231 e. The fraction of sp³-hybridized carbons (Fsp3) is 0.500. The van der Waals surface area contributed by atoms with Crippen LogP contribution in [0.1, 0.15) is 19.3 Å². The number of anilines is 1. The minimum Gasteiger partial charge on any atom is -0.497 e. The summed E-state index contributed by atoms with van der Waals surface area (Å²) in [6.45, 7) is 0.380. The molecule has 0 aliphatic heterocycles. The van der Waals surface area contributed by atoms with Crippen molar-refractivity contribution in [3.05, 3.63) is 18.2 Å². The molecule has 3 N–H and O–H groups in total. The van der Waals surface area contributed by atoms with Crippen molar-refractivity contribution in [2.24, 2.45) is 11.1 Å². The maximum absolute atomic E-state index is 12.3. The van der Waals surface area contributed by atoms with Gasteiger partial charge in [-0.1, -0.05) is 6.42 Å². The van der Waals surface area contributed by atoms with E-state index in [-0.39, 0.29) is 5.91 Å². The lowest BCUT2D eigenvalue weighted by molar-refractivity contribution is -0.129. The quantitative estimate of drug-likeness (QED) is 0.850. The zero-order valence-electron chi connectivity index (χ0n) is 11.4. The van der Waals surface area contributed by atoms with Gasteiger partial charge in [-0.05, 0) is 25.0 Å². The van der Waals surface area contributed by atoms with Crippen molar-refractivity contribution in [1.29, 1.82) is 0 Å². The molecule has 1 aliphatic rings. The zero-order chi connectivity index (χ0) is 13.9. The third-order valence-corrected chi connectivity index (χ3v) is 3.84. The van der Waals surface area contributed by atoms with Gasteiger partial charge in [0.1, 0.15) is 11.5 Å². The molecule has 5 nitrogen and oxygen atoms in total. The van der Waals surface area contributed by atoms with Crippen molar-refractivity contribution in [3.63, 3.8) is 0 Å². The van der Waals surface area contributed by atoms with Gasteiger partial charge >= 0.3 is 0 Å². The number of nitrogens with two attached hydrogens (primary N) is 1. The van der Waals surface area contributed by atoms with E-state index in [4.69, 9.17) is 15.2 Å². The Balaban J connectivity index is 2.19. The van der Waals surface area contributed by atoms with Crippen molar-refractivity contribution in [1.82, 2.24) is 0 Å². The predicted octanol–water partition coefficient (Wildman–Crippen LogP) is 1.77. The summed E-state index contributed by atoms with van der Waals surface area (Å²) in [5.41, 5.74) is 5.94. The Morgan fingerprint density at radius 2 is 2.11 bits per heavy atom. The summed E-state index contributed by atoms with van der Waals surface area (Å²) in [5, 5.41) is 2.91. The molecule has 1 fully saturated rings. The minimum absolute atomic E-state index is 0.0344. The topological polar surface area (TPSA) is 73.6 Å². The fourth-order valence-corrected chi connectivity index (χ4v) is 2.29. The highest BCUT2D eigenvalue weighted by molar-refractivity contribution is 5.97. The molecule has 19 heavy (non-hydrogen) atoms. The summed E-state index contributed by atoms with van der Waals surface area (Å²) in [4.78, 5) is 12.3. The van der Waals surface area contributed by atoms with Gasteiger partial charge in [-0.15, -0.1) is 0 Å². The van der Waals surface area contributed by atoms with E-state index in [1.807, 2.05) is 0 Å². The van der Waals surface area contributed by atoms with Gasteiger partial charge in [-0.25, -0.2) is 0 Å². The zero-order valence-corrected chi connectivity index (χ0v) is 11.4. The number of ether oxygens (including phenoxy) is 2. The Hall–Kier alpha value is -1.75. The van der Waals surface area contributed by atoms with Crippen LogP contribution in [0.15, 0.2) is 18.2 Å². The number of carbonyl (C=O) groups excluding carboxylic acids is 1. The van der Waals surface area contributed by atoms with Crippen molar-refractivity contribution >= 4 is 11.6 Å². The molecular weight excluding hydrogens is 244 g/mol. The van der Waals surface area contributed by atoms with Gasteiger partial charge in [-0.2, -0.15) is 0 Å². The Bertz CT molecular complexity index is 464. The second-order valence-electron chi connectivity index (χ2n) is 4.86. The number of benzene rings is 1. The normalized spacial score (nSPS) is 16.4. The van der Waals surface area contributed by atoms with Crippen molar-refractivity contribution in [3.8, 4) is 11.5 Å². The van der Waals surface area contributed by atoms with Crippen LogP contribution in [-0.2, 0) is 4.79 Å². The molecule has 1 amide bonds. The van der Waals surface area contributed by atoms with Crippen LogP contribution in [0.25, 0.3) is 0 Å². The highest BCUT2D eigenvalue weighted by atomic mass is 16.5. The predicted molar refractivity (Wildman–Crippen MR) is 73.5 cm³/mol. The summed E-state index contributed by atoms with van der Waals surface area (Å²) in [6.07, 6.45) is 2.75. The molecule has 0 atom stereocenters. The molecular formula is C14H20N2O3. The third-order valence-electron chi connectivity index (χ3n) is 3.84. The fourth-order valence-electron chi connectivity index (χ4n) is 2.29. The first kappa shape index (κ1) is 13.7. The molecule has 1 saturated carbocycles. The minimum atomic E-state index is -0.409. The first-order valence-corrected chi connectivity index (χ1v) is 6.39. The molecule has 0 aromatic heterocycles. The van der Waals surface area contributed by atoms with Gasteiger partial charge in [0.15, 0.2) is 0 Å². The van der Waals surface area contributed by atoms with Gasteiger partial charge in [-0.3, -0.25) is 4.79 Å². The van der Waals surface area contributed by atoms with Crippen LogP contribution in [0.3, 0.4) is 0 Å². The van der Waals surface area contributed by atoms with Crippen molar-refractivity contribution in [2.75, 3.05) is 26.1 Å². The van der Waals surface area contributed by atoms with Gasteiger partial charge in [0, 0.05) is 12.6 Å². The van der Waals surface area contributed by atoms with E-state index in [2.05, 4.69) is 5.32 Å². The SMILES string of the molecule is COc1ccc(OC)c(NC(=O)C2(CN)CCC2)c1. The summed E-state index contributed by atoms with van der Waals surface area (Å²) in [7, 11) is 3.15. The molecule has 5 heteroatoms. The van der Waals surface area contributed by atoms with Crippen LogP contribution < -0.4 is 20.5 Å². The van der Waals surface area contributed by atoms with E-state index in [0.717, 1.165) is 19.3 Å². The highest BCUT2D eigenvalue weighted by Crippen LogP contribution is 2.41. The van der Waals surface area contributed by atoms with Crippen LogP contribution in [0, 0.1) is 5.41 Å². The van der Waals surface area contributed by atoms with E-state index in [0.29, 0.717) is 23.7 Å². The van der Waals surface area contributed by atoms with Gasteiger partial charge in [0.25, 0.3) is 0 Å². The lowest BCUT2D eigenvalue weighted by Crippen LogP contribution is -2.47. The summed E-state index contributed by atoms with van der Waals surface area (Å²) >= 11 is 0. The Kier molecular flexibility index (Phi) is 3.95. The number of hydrogen-bond donors (Lipinski definition) is 2. The first-order valence-electron chi connectivity index (χ1n) is 6.39. The second kappa shape index (κ2) is 5.48. The first-order chi connectivity index (χ1) is 9.15. The molecule has 0 spiro atoms. The highest BCUT2D eigenvalue weighted by Gasteiger charge is 2.43. The van der Waals surface area contributed by atoms with E-state index in [9.17, 15) is 4.79 Å². The Morgan fingerprint density at radius 1 is 1.37 bits per heavy atom. The largest absolute Gasteiger partial charge is 0.497 e. The number of rotatable bonds is 5. The summed E-state index contributed by atoms with van der Waals surface area (Å²) in [5.74, 6) is 1.25. The molecule has 0 radical (unpaired) electrons. The van der Waals surface area contributed by atoms with Crippen LogP contribution in [0.4, 0.5) is 5.69 Å². The summed E-state index contributed by atoms with van der Waals surface area (Å²) < 4.78 is 10.4. The van der Waals surface area contributed by atoms with E-state index >= 15 is 0 Å². The molecule has 1 aliphatic carbocycles. The van der Waals surface area contributed by atoms with Crippen molar-refractivity contribution < 1.29 is 14.3 Å². The Labute approximate surface area is 113 Å². The average Bonchev–Trinajstić information content (AvgIpc) is 2.38. The molecule has 0 saturated heterocycles. The second-order valence-corrected chi connectivity index (χ2v) is 4.86. The summed E-state index contributed by atoms with van der Waals surface area (Å²) in [6, 6.07) is 5.31. The van der Waals surface area contributed by atoms with Gasteiger partial charge in [0.2, 0.25) is 5.91 Å². The van der Waals surface area contributed by atoms with Crippen LogP contribution >= 0.6 is 0 Å². The lowest BCUT2D eigenvalue weighted by atomic mass is 9.68. The van der Waals surface area contributed by atoms with Crippen LogP contribution in [-0.4, -0.2) is 26.7 Å². The van der Waals surface area contributed by atoms with Crippen LogP contribution in [0.2, 0.25) is 0 Å². The monoisotopic (exact) mass is 264 g/mol. The number of nitrogens with one attached hydrogen (secondary N) is 1. The molecule has 2 rings (SSSR count). The van der Waals surface area contributed by atoms with Gasteiger partial charge < -0.3 is 20.5 Å². The number of carbonyl (C=O) groups is 1. The van der Waals surface area contributed by atoms with E-state index in [1.165, 1.54) is 0 Å². The lowest BCUT2D eigenvalue weighted by Gasteiger charge is -2.39. The smallest absolute Gasteiger partial charge is 0.231 e. The molecule has 1 aromatic carbocycles. The number of hydrogen-bond acceptors (Lipinski definition) is 4. The van der Waals surface area contributed by atoms with Gasteiger partial charge in [0.05, 0.1) is 25.3 Å². The Morgan fingerprint density at radius 3 is 2.58 bits per heavy atom. The standard InChI is InChI=1S/C14H20N2O3/c1-18-10-4-5-12(19-2)11(8-10)16-13(17)14(9-15)6-3-7-14/h4-5,8H,3,6-7,9,15H2,1-2H3,(H,16,17). The maximum atomic E-state index is 12.3. The number of methoxy groups -OCH3 is 2. The van der Waals surface area contributed by atoms with E-state index in [1.54, 1.807) is 32.4 Å². The van der Waals surface area contributed by atoms with Crippen LogP contribution in [0.5, 0.6) is 11.5 Å². The number of amides is 1. The molecule has 0 unspecified atom stereocenters. The molecule has 0 heterocycles. The van der Waals surface area contributed by atoms with E-state index < -0.39 is 5.41 Å². The molecule has 0 bridgehead atoms. The molecule has 1 aromatic rings. The average molecular weight is 264 g/mol. The third kappa shape index (κ3) is 2.51. The molecule has 104 valence electrons.